The normalized spacial score (nSPS) is 12.5. The summed E-state index contributed by atoms with van der Waals surface area (Å²) in [5.41, 5.74) is 20.6. The number of rotatable bonds is 15. The van der Waals surface area contributed by atoms with Crippen molar-refractivity contribution < 1.29 is 0 Å². The summed E-state index contributed by atoms with van der Waals surface area (Å²) >= 11 is 5.58. The maximum atomic E-state index is 2.66. The van der Waals surface area contributed by atoms with Crippen LogP contribution in [0.5, 0.6) is 0 Å². The van der Waals surface area contributed by atoms with Crippen molar-refractivity contribution in [2.45, 2.75) is 78.6 Å². The second-order valence-corrected chi connectivity index (χ2v) is 44.4. The number of anilines is 12. The van der Waals surface area contributed by atoms with E-state index in [1.165, 1.54) is 191 Å². The van der Waals surface area contributed by atoms with Crippen LogP contribution in [0.2, 0.25) is 0 Å². The lowest BCUT2D eigenvalue weighted by molar-refractivity contribution is 0.590. The lowest BCUT2D eigenvalue weighted by atomic mass is 9.87. The van der Waals surface area contributed by atoms with Crippen molar-refractivity contribution in [2.24, 2.45) is 0 Å². The fraction of sp³-hybridized carbons (Fsp3) is 0.0909. The van der Waals surface area contributed by atoms with Gasteiger partial charge in [0.1, 0.15) is 0 Å². The first-order valence-electron chi connectivity index (χ1n) is 48.4. The molecule has 0 atom stereocenters. The zero-order valence-corrected chi connectivity index (χ0v) is 81.3. The highest BCUT2D eigenvalue weighted by atomic mass is 32.1. The third kappa shape index (κ3) is 13.7. The SMILES string of the molecule is CC(C)(C)c1ccc(N(c2ccc3cc(-c4cc5ccccc5s4)ccc3c2)c2ccc3ccc4c(N(c5ccc6ccc7c(N(c8ccc(C(C)(C)C)cc8)c8ccc9cc(-c%10cc%11ccccc%11s%10)ccc9c8)ccc8ccc5c6c87)c5ccc6ccc7c(N(c8ccc(C(C)(C)C)cc8)c8ccc9cc(-c%10cc%11ccccc%11s%10)ccc9c8)ccc8ccc5c6c87)ccc5ccc2c3c54)cc1. The molecule has 24 aromatic carbocycles. The average Bonchev–Trinajstić information content (AvgIpc) is 1.66. The number of benzene rings is 24. The largest absolute Gasteiger partial charge is 0.310 e. The Bertz CT molecular complexity index is 8690. The van der Waals surface area contributed by atoms with Gasteiger partial charge in [0.05, 0.1) is 34.1 Å². The molecule has 0 saturated carbocycles. The molecule has 0 spiro atoms. The molecule has 27 rings (SSSR count). The average molecular weight is 1830 g/mol. The summed E-state index contributed by atoms with van der Waals surface area (Å²) in [5, 5.41) is 32.5. The third-order valence-electron chi connectivity index (χ3n) is 29.7. The number of hydrogen-bond acceptors (Lipinski definition) is 7. The summed E-state index contributed by atoms with van der Waals surface area (Å²) in [5.74, 6) is 0. The molecule has 7 heteroatoms. The Labute approximate surface area is 820 Å². The Balaban J connectivity index is 0.664. The van der Waals surface area contributed by atoms with Crippen molar-refractivity contribution in [3.05, 3.63) is 435 Å². The summed E-state index contributed by atoms with van der Waals surface area (Å²) in [6.07, 6.45) is 0. The molecule has 3 heterocycles. The first-order valence-corrected chi connectivity index (χ1v) is 50.9. The second kappa shape index (κ2) is 31.4. The van der Waals surface area contributed by atoms with Gasteiger partial charge in [-0.1, -0.05) is 317 Å². The van der Waals surface area contributed by atoms with E-state index in [4.69, 9.17) is 0 Å². The van der Waals surface area contributed by atoms with Gasteiger partial charge in [-0.15, -0.1) is 34.0 Å². The lowest BCUT2D eigenvalue weighted by Crippen LogP contribution is -2.14. The van der Waals surface area contributed by atoms with Gasteiger partial charge in [-0.25, -0.2) is 0 Å². The van der Waals surface area contributed by atoms with E-state index < -0.39 is 0 Å². The topological polar surface area (TPSA) is 13.0 Å². The molecule has 3 aromatic heterocycles. The lowest BCUT2D eigenvalue weighted by Gasteiger charge is -2.32. The Morgan fingerprint density at radius 3 is 0.597 bits per heavy atom. The van der Waals surface area contributed by atoms with Gasteiger partial charge in [-0.05, 0) is 327 Å². The Morgan fingerprint density at radius 1 is 0.158 bits per heavy atom. The van der Waals surface area contributed by atoms with Crippen LogP contribution in [0.15, 0.2) is 419 Å². The summed E-state index contributed by atoms with van der Waals surface area (Å²) < 4.78 is 3.91. The standard InChI is InChI=1S/C132H96N4S3/c1-130(2,3)97-43-52-100(53-44-97)133(103-49-28-85-70-94(25-22-88(85)73-103)121-76-91-16-10-13-19-118(91)137-121)112-64-37-79-34-61-109-115(67-40-82-31-58-106(112)124(79)127(82)109)136(116-68-41-83-32-59-107-113(65-38-80-35-62-110(116)128(83)125(80)107)134(101-54-45-98(46-55-101)131(4,5)6)104-50-29-86-71-95(26-23-89(86)74-104)122-77-92-17-11-14-20-119(92)138-122)117-69-42-84-33-60-108-114(66-39-81-36-63-111(117)129(84)126(81)108)135(102-56-47-99(48-57-102)132(7,8)9)105-51-30-87-72-96(27-24-90(87)75-105)123-78-93-18-12-15-21-120(93)139-123/h10-78H,1-9H3. The first-order chi connectivity index (χ1) is 67.7. The van der Waals surface area contributed by atoms with Crippen molar-refractivity contribution in [3.8, 4) is 31.3 Å². The van der Waals surface area contributed by atoms with Crippen molar-refractivity contribution in [1.29, 1.82) is 0 Å². The van der Waals surface area contributed by atoms with Crippen LogP contribution in [-0.2, 0) is 16.2 Å². The molecule has 0 saturated heterocycles. The fourth-order valence-electron chi connectivity index (χ4n) is 22.4. The molecule has 0 aliphatic heterocycles. The zero-order valence-electron chi connectivity index (χ0n) is 78.9. The smallest absolute Gasteiger partial charge is 0.0541 e. The third-order valence-corrected chi connectivity index (χ3v) is 33.1. The van der Waals surface area contributed by atoms with Gasteiger partial charge >= 0.3 is 0 Å². The van der Waals surface area contributed by atoms with Crippen molar-refractivity contribution >= 4 is 262 Å². The van der Waals surface area contributed by atoms with Gasteiger partial charge in [0.25, 0.3) is 0 Å². The maximum Gasteiger partial charge on any atom is 0.0541 e. The molecule has 0 aliphatic carbocycles. The Morgan fingerprint density at radius 2 is 0.360 bits per heavy atom. The predicted octanol–water partition coefficient (Wildman–Crippen LogP) is 40.3. The minimum absolute atomic E-state index is 0.0393. The van der Waals surface area contributed by atoms with Crippen LogP contribution in [-0.4, -0.2) is 0 Å². The molecule has 0 amide bonds. The molecular formula is C132H96N4S3. The van der Waals surface area contributed by atoms with E-state index in [2.05, 4.69) is 500 Å². The number of fused-ring (bicyclic) bond motifs is 6. The van der Waals surface area contributed by atoms with Crippen LogP contribution in [0.25, 0.3) is 191 Å². The second-order valence-electron chi connectivity index (χ2n) is 41.2. The highest BCUT2D eigenvalue weighted by Gasteiger charge is 2.31. The molecule has 0 radical (unpaired) electrons. The molecule has 0 unspecified atom stereocenters. The summed E-state index contributed by atoms with van der Waals surface area (Å²) in [6.45, 7) is 20.8. The highest BCUT2D eigenvalue weighted by Crippen LogP contribution is 2.56. The molecule has 139 heavy (non-hydrogen) atoms. The number of thiophene rings is 3. The molecule has 0 fully saturated rings. The van der Waals surface area contributed by atoms with Gasteiger partial charge < -0.3 is 19.6 Å². The highest BCUT2D eigenvalue weighted by molar-refractivity contribution is 7.23. The van der Waals surface area contributed by atoms with Gasteiger partial charge in [-0.3, -0.25) is 0 Å². The van der Waals surface area contributed by atoms with Crippen LogP contribution in [0.4, 0.5) is 68.2 Å². The quantitative estimate of drug-likeness (QED) is 0.0949. The minimum Gasteiger partial charge on any atom is -0.310 e. The van der Waals surface area contributed by atoms with E-state index in [9.17, 15) is 0 Å². The van der Waals surface area contributed by atoms with Crippen molar-refractivity contribution in [2.75, 3.05) is 19.6 Å². The van der Waals surface area contributed by atoms with Crippen LogP contribution in [0.3, 0.4) is 0 Å². The molecule has 27 aromatic rings. The van der Waals surface area contributed by atoms with Crippen LogP contribution < -0.4 is 19.6 Å². The number of hydrogen-bond donors (Lipinski definition) is 0. The molecule has 0 N–H and O–H groups in total. The van der Waals surface area contributed by atoms with E-state index in [1.54, 1.807) is 0 Å². The van der Waals surface area contributed by atoms with Crippen molar-refractivity contribution in [1.82, 2.24) is 0 Å². The minimum atomic E-state index is -0.0393. The number of nitrogens with zero attached hydrogens (tertiary/aromatic N) is 4. The molecule has 4 nitrogen and oxygen atoms in total. The van der Waals surface area contributed by atoms with Crippen molar-refractivity contribution in [3.63, 3.8) is 0 Å². The van der Waals surface area contributed by atoms with Gasteiger partial charge in [-0.2, -0.15) is 0 Å². The van der Waals surface area contributed by atoms with E-state index in [1.807, 2.05) is 34.0 Å². The molecule has 0 bridgehead atoms. The first kappa shape index (κ1) is 82.7. The van der Waals surface area contributed by atoms with Crippen LogP contribution in [0.1, 0.15) is 79.0 Å². The summed E-state index contributed by atoms with van der Waals surface area (Å²) in [7, 11) is 0. The molecule has 662 valence electrons. The molecular weight excluding hydrogens is 1740 g/mol. The fourth-order valence-corrected chi connectivity index (χ4v) is 25.6. The summed E-state index contributed by atoms with van der Waals surface area (Å²) in [6, 6.07) is 161. The Kier molecular flexibility index (Phi) is 18.7. The van der Waals surface area contributed by atoms with Crippen LogP contribution in [0, 0.1) is 0 Å². The zero-order chi connectivity index (χ0) is 93.2. The van der Waals surface area contributed by atoms with E-state index in [-0.39, 0.29) is 16.2 Å². The van der Waals surface area contributed by atoms with Crippen LogP contribution >= 0.6 is 34.0 Å². The van der Waals surface area contributed by atoms with E-state index in [0.29, 0.717) is 0 Å². The van der Waals surface area contributed by atoms with E-state index in [0.717, 1.165) is 84.4 Å². The van der Waals surface area contributed by atoms with Gasteiger partial charge in [0, 0.05) is 95.2 Å². The Hall–Kier alpha value is -15.7. The summed E-state index contributed by atoms with van der Waals surface area (Å²) in [4.78, 5) is 14.0. The van der Waals surface area contributed by atoms with Gasteiger partial charge in [0.15, 0.2) is 0 Å². The maximum absolute atomic E-state index is 2.66. The molecule has 0 aliphatic rings. The monoisotopic (exact) mass is 1830 g/mol. The van der Waals surface area contributed by atoms with Gasteiger partial charge in [0.2, 0.25) is 0 Å². The van der Waals surface area contributed by atoms with E-state index >= 15 is 0 Å². The predicted molar refractivity (Wildman–Crippen MR) is 607 cm³/mol.